The SMILES string of the molecule is c1ccc(-c2cccc(-c3ccc4c(-n5c6ccccc6c6cc7ccccc7cc65)ccc(-c5nc(-c6ccccc6)nc(-c6cccc7ccccc67)n5)c4c3)c2)cc1. The Hall–Kier alpha value is -8.21. The summed E-state index contributed by atoms with van der Waals surface area (Å²) >= 11 is 0. The molecule has 0 fully saturated rings. The van der Waals surface area contributed by atoms with Gasteiger partial charge in [-0.1, -0.05) is 176 Å². The van der Waals surface area contributed by atoms with E-state index < -0.39 is 0 Å². The van der Waals surface area contributed by atoms with Crippen molar-refractivity contribution >= 4 is 54.1 Å². The van der Waals surface area contributed by atoms with E-state index in [0.29, 0.717) is 17.5 Å². The van der Waals surface area contributed by atoms with Crippen molar-refractivity contribution in [2.75, 3.05) is 0 Å². The third kappa shape index (κ3) is 5.96. The molecule has 0 aliphatic heterocycles. The van der Waals surface area contributed by atoms with Gasteiger partial charge in [0.15, 0.2) is 17.5 Å². The fourth-order valence-corrected chi connectivity index (χ4v) is 9.08. The van der Waals surface area contributed by atoms with Crippen LogP contribution in [0.3, 0.4) is 0 Å². The number of hydrogen-bond donors (Lipinski definition) is 0. The number of rotatable bonds is 6. The Bertz CT molecular complexity index is 3640. The van der Waals surface area contributed by atoms with Gasteiger partial charge in [0.25, 0.3) is 0 Å². The third-order valence-corrected chi connectivity index (χ3v) is 12.0. The predicted octanol–water partition coefficient (Wildman–Crippen LogP) is 14.8. The van der Waals surface area contributed by atoms with E-state index in [9.17, 15) is 0 Å². The lowest BCUT2D eigenvalue weighted by molar-refractivity contribution is 1.08. The fourth-order valence-electron chi connectivity index (χ4n) is 9.08. The molecule has 0 saturated carbocycles. The van der Waals surface area contributed by atoms with Gasteiger partial charge in [-0.25, -0.2) is 15.0 Å². The molecule has 0 unspecified atom stereocenters. The molecule has 0 aliphatic rings. The van der Waals surface area contributed by atoms with Crippen molar-refractivity contribution in [3.8, 4) is 62.1 Å². The van der Waals surface area contributed by atoms with Gasteiger partial charge in [-0.2, -0.15) is 0 Å². The monoisotopic (exact) mass is 776 g/mol. The summed E-state index contributed by atoms with van der Waals surface area (Å²) < 4.78 is 2.43. The van der Waals surface area contributed by atoms with Crippen LogP contribution < -0.4 is 0 Å². The minimum absolute atomic E-state index is 0.622. The molecule has 61 heavy (non-hydrogen) atoms. The number of aromatic nitrogens is 4. The minimum atomic E-state index is 0.622. The van der Waals surface area contributed by atoms with Crippen LogP contribution in [0.15, 0.2) is 218 Å². The average molecular weight is 777 g/mol. The Labute approximate surface area is 352 Å². The number of nitrogens with zero attached hydrogens (tertiary/aromatic N) is 4. The van der Waals surface area contributed by atoms with Gasteiger partial charge in [-0.05, 0) is 91.6 Å². The van der Waals surface area contributed by atoms with E-state index in [2.05, 4.69) is 205 Å². The molecule has 4 nitrogen and oxygen atoms in total. The van der Waals surface area contributed by atoms with Crippen LogP contribution in [-0.4, -0.2) is 19.5 Å². The van der Waals surface area contributed by atoms with Crippen LogP contribution in [0.5, 0.6) is 0 Å². The molecule has 2 heterocycles. The van der Waals surface area contributed by atoms with Gasteiger partial charge in [0.1, 0.15) is 0 Å². The maximum Gasteiger partial charge on any atom is 0.164 e. The van der Waals surface area contributed by atoms with Gasteiger partial charge in [-0.3, -0.25) is 0 Å². The lowest BCUT2D eigenvalue weighted by Gasteiger charge is -2.17. The largest absolute Gasteiger partial charge is 0.309 e. The summed E-state index contributed by atoms with van der Waals surface area (Å²) in [6.45, 7) is 0. The lowest BCUT2D eigenvalue weighted by atomic mass is 9.94. The Morgan fingerprint density at radius 1 is 0.262 bits per heavy atom. The highest BCUT2D eigenvalue weighted by Gasteiger charge is 2.20. The van der Waals surface area contributed by atoms with Crippen LogP contribution in [0.4, 0.5) is 0 Å². The van der Waals surface area contributed by atoms with E-state index in [-0.39, 0.29) is 0 Å². The summed E-state index contributed by atoms with van der Waals surface area (Å²) in [6, 6.07) is 77.7. The first-order valence-electron chi connectivity index (χ1n) is 20.7. The zero-order chi connectivity index (χ0) is 40.3. The molecule has 0 aliphatic carbocycles. The summed E-state index contributed by atoms with van der Waals surface area (Å²) in [7, 11) is 0. The van der Waals surface area contributed by atoms with Gasteiger partial charge in [0.2, 0.25) is 0 Å². The zero-order valence-corrected chi connectivity index (χ0v) is 33.1. The second-order valence-corrected chi connectivity index (χ2v) is 15.6. The summed E-state index contributed by atoms with van der Waals surface area (Å²) in [5, 5.41) is 9.28. The number of benzene rings is 10. The predicted molar refractivity (Wildman–Crippen MR) is 254 cm³/mol. The van der Waals surface area contributed by atoms with Crippen molar-refractivity contribution in [1.29, 1.82) is 0 Å². The van der Waals surface area contributed by atoms with Crippen LogP contribution in [0.2, 0.25) is 0 Å². The molecular formula is C57H36N4. The van der Waals surface area contributed by atoms with E-state index >= 15 is 0 Å². The molecule has 284 valence electrons. The first-order valence-corrected chi connectivity index (χ1v) is 20.7. The van der Waals surface area contributed by atoms with Crippen molar-refractivity contribution < 1.29 is 0 Å². The van der Waals surface area contributed by atoms with Crippen molar-refractivity contribution in [3.05, 3.63) is 218 Å². The van der Waals surface area contributed by atoms with Crippen molar-refractivity contribution in [2.24, 2.45) is 0 Å². The van der Waals surface area contributed by atoms with Crippen LogP contribution in [-0.2, 0) is 0 Å². The smallest absolute Gasteiger partial charge is 0.164 e. The van der Waals surface area contributed by atoms with E-state index in [1.165, 1.54) is 38.2 Å². The molecular weight excluding hydrogens is 741 g/mol. The molecule has 0 amide bonds. The Balaban J connectivity index is 1.15. The third-order valence-electron chi connectivity index (χ3n) is 12.0. The Morgan fingerprint density at radius 2 is 0.820 bits per heavy atom. The normalized spacial score (nSPS) is 11.6. The van der Waals surface area contributed by atoms with E-state index in [0.717, 1.165) is 60.6 Å². The number of para-hydroxylation sites is 1. The zero-order valence-electron chi connectivity index (χ0n) is 33.1. The van der Waals surface area contributed by atoms with Crippen LogP contribution in [0.25, 0.3) is 116 Å². The lowest BCUT2D eigenvalue weighted by Crippen LogP contribution is -2.02. The van der Waals surface area contributed by atoms with Gasteiger partial charge in [-0.15, -0.1) is 0 Å². The molecule has 0 bridgehead atoms. The van der Waals surface area contributed by atoms with Crippen molar-refractivity contribution in [3.63, 3.8) is 0 Å². The standard InChI is InChI=1S/C57H36N4/c1-3-15-37(16-4-1)40-23-13-24-41(33-40)44-29-30-47-50(34-44)49(31-32-53(47)61-52-28-12-11-26-46(52)51-35-42-20-7-8-21-43(42)36-54(51)61)57-59-55(39-18-5-2-6-19-39)58-56(60-57)48-27-14-22-38-17-9-10-25-45(38)48/h1-36H. The molecule has 0 radical (unpaired) electrons. The quantitative estimate of drug-likeness (QED) is 0.169. The number of hydrogen-bond acceptors (Lipinski definition) is 3. The highest BCUT2D eigenvalue weighted by molar-refractivity contribution is 6.15. The molecule has 0 N–H and O–H groups in total. The molecule has 0 spiro atoms. The topological polar surface area (TPSA) is 43.6 Å². The summed E-state index contributed by atoms with van der Waals surface area (Å²) in [4.78, 5) is 15.8. The van der Waals surface area contributed by atoms with Crippen LogP contribution in [0.1, 0.15) is 0 Å². The Kier molecular flexibility index (Phi) is 8.13. The maximum absolute atomic E-state index is 5.35. The molecule has 4 heteroatoms. The molecule has 2 aromatic heterocycles. The fraction of sp³-hybridized carbons (Fsp3) is 0. The van der Waals surface area contributed by atoms with E-state index in [1.807, 2.05) is 18.2 Å². The second kappa shape index (κ2) is 14.3. The van der Waals surface area contributed by atoms with E-state index in [4.69, 9.17) is 15.0 Å². The first kappa shape index (κ1) is 34.8. The van der Waals surface area contributed by atoms with Gasteiger partial charge < -0.3 is 4.57 Å². The Morgan fingerprint density at radius 3 is 1.61 bits per heavy atom. The van der Waals surface area contributed by atoms with Gasteiger partial charge >= 0.3 is 0 Å². The average Bonchev–Trinajstić information content (AvgIpc) is 3.65. The van der Waals surface area contributed by atoms with Gasteiger partial charge in [0.05, 0.1) is 16.7 Å². The van der Waals surface area contributed by atoms with Crippen LogP contribution >= 0.6 is 0 Å². The molecule has 12 rings (SSSR count). The second-order valence-electron chi connectivity index (χ2n) is 15.6. The molecule has 10 aromatic carbocycles. The minimum Gasteiger partial charge on any atom is -0.309 e. The first-order chi connectivity index (χ1) is 30.2. The van der Waals surface area contributed by atoms with Crippen molar-refractivity contribution in [1.82, 2.24) is 19.5 Å². The molecule has 0 saturated heterocycles. The number of fused-ring (bicyclic) bond motifs is 6. The highest BCUT2D eigenvalue weighted by Crippen LogP contribution is 2.41. The van der Waals surface area contributed by atoms with Crippen molar-refractivity contribution in [2.45, 2.75) is 0 Å². The maximum atomic E-state index is 5.35. The van der Waals surface area contributed by atoms with Crippen LogP contribution in [0, 0.1) is 0 Å². The summed E-state index contributed by atoms with van der Waals surface area (Å²) in [5.41, 5.74) is 10.9. The highest BCUT2D eigenvalue weighted by atomic mass is 15.0. The molecule has 12 aromatic rings. The van der Waals surface area contributed by atoms with E-state index in [1.54, 1.807) is 0 Å². The summed E-state index contributed by atoms with van der Waals surface area (Å²) in [6.07, 6.45) is 0. The molecule has 0 atom stereocenters. The van der Waals surface area contributed by atoms with Gasteiger partial charge in [0, 0.05) is 32.8 Å². The summed E-state index contributed by atoms with van der Waals surface area (Å²) in [5.74, 6) is 1.89.